The summed E-state index contributed by atoms with van der Waals surface area (Å²) in [6, 6.07) is 19.6. The van der Waals surface area contributed by atoms with Gasteiger partial charge < -0.3 is 5.32 Å². The second-order valence-electron chi connectivity index (χ2n) is 6.17. The van der Waals surface area contributed by atoms with Crippen molar-refractivity contribution in [1.82, 2.24) is 5.32 Å². The van der Waals surface area contributed by atoms with Gasteiger partial charge in [0.2, 0.25) is 5.91 Å². The molecule has 3 rings (SSSR count). The highest BCUT2D eigenvalue weighted by atomic mass is 35.5. The van der Waals surface area contributed by atoms with E-state index in [-0.39, 0.29) is 17.2 Å². The van der Waals surface area contributed by atoms with Gasteiger partial charge in [-0.15, -0.1) is 11.8 Å². The lowest BCUT2D eigenvalue weighted by molar-refractivity contribution is -0.120. The molecule has 0 saturated heterocycles. The van der Waals surface area contributed by atoms with Gasteiger partial charge in [0, 0.05) is 14.9 Å². The Morgan fingerprint density at radius 1 is 0.962 bits per heavy atom. The van der Waals surface area contributed by atoms with E-state index in [0.29, 0.717) is 10.0 Å². The zero-order valence-electron chi connectivity index (χ0n) is 14.5. The molecule has 0 aliphatic heterocycles. The van der Waals surface area contributed by atoms with Gasteiger partial charge in [0.05, 0.1) is 11.3 Å². The van der Waals surface area contributed by atoms with E-state index in [2.05, 4.69) is 35.6 Å². The topological polar surface area (TPSA) is 29.1 Å². The molecule has 26 heavy (non-hydrogen) atoms. The molecule has 0 aromatic heterocycles. The molecule has 134 valence electrons. The molecule has 3 aromatic rings. The van der Waals surface area contributed by atoms with Crippen LogP contribution in [0.5, 0.6) is 0 Å². The molecule has 0 aliphatic carbocycles. The van der Waals surface area contributed by atoms with Gasteiger partial charge in [0.1, 0.15) is 0 Å². The van der Waals surface area contributed by atoms with E-state index >= 15 is 0 Å². The maximum absolute atomic E-state index is 12.6. The fourth-order valence-corrected chi connectivity index (χ4v) is 4.26. The molecule has 5 heteroatoms. The lowest BCUT2D eigenvalue weighted by atomic mass is 10.1. The van der Waals surface area contributed by atoms with Crippen molar-refractivity contribution in [3.63, 3.8) is 0 Å². The van der Waals surface area contributed by atoms with Crippen LogP contribution in [0.3, 0.4) is 0 Å². The summed E-state index contributed by atoms with van der Waals surface area (Å²) in [5.74, 6) is -0.0262. The largest absolute Gasteiger partial charge is 0.349 e. The molecule has 0 spiro atoms. The fraction of sp³-hybridized carbons (Fsp3) is 0.190. The summed E-state index contributed by atoms with van der Waals surface area (Å²) in [7, 11) is 0. The molecule has 0 aliphatic rings. The number of nitrogens with one attached hydrogen (secondary N) is 1. The standard InChI is InChI=1S/C21H19Cl2NOS/c1-13(19-10-8-17(22)12-20(19)23)24-21(25)14(2)26-18-9-7-15-5-3-4-6-16(15)11-18/h3-14H,1-2H3,(H,24,25)/t13-,14-/m0/s1. The van der Waals surface area contributed by atoms with Gasteiger partial charge >= 0.3 is 0 Å². The Kier molecular flexibility index (Phi) is 6.13. The van der Waals surface area contributed by atoms with Crippen LogP contribution in [-0.2, 0) is 4.79 Å². The van der Waals surface area contributed by atoms with Gasteiger partial charge in [-0.2, -0.15) is 0 Å². The first-order chi connectivity index (χ1) is 12.4. The number of hydrogen-bond donors (Lipinski definition) is 1. The van der Waals surface area contributed by atoms with Gasteiger partial charge in [-0.1, -0.05) is 59.6 Å². The molecule has 0 fully saturated rings. The monoisotopic (exact) mass is 403 g/mol. The zero-order valence-corrected chi connectivity index (χ0v) is 16.8. The van der Waals surface area contributed by atoms with Gasteiger partial charge in [-0.3, -0.25) is 4.79 Å². The molecule has 0 radical (unpaired) electrons. The molecule has 3 aromatic carbocycles. The summed E-state index contributed by atoms with van der Waals surface area (Å²) < 4.78 is 0. The predicted molar refractivity (Wildman–Crippen MR) is 112 cm³/mol. The maximum atomic E-state index is 12.6. The Morgan fingerprint density at radius 3 is 2.42 bits per heavy atom. The first-order valence-electron chi connectivity index (χ1n) is 8.35. The van der Waals surface area contributed by atoms with Crippen molar-refractivity contribution in [2.75, 3.05) is 0 Å². The molecule has 0 heterocycles. The molecule has 2 atom stereocenters. The Balaban J connectivity index is 1.66. The number of hydrogen-bond acceptors (Lipinski definition) is 2. The molecule has 0 bridgehead atoms. The molecule has 0 unspecified atom stereocenters. The summed E-state index contributed by atoms with van der Waals surface area (Å²) in [5, 5.41) is 6.31. The van der Waals surface area contributed by atoms with E-state index in [0.717, 1.165) is 10.5 Å². The number of halogens is 2. The highest BCUT2D eigenvalue weighted by Gasteiger charge is 2.19. The summed E-state index contributed by atoms with van der Waals surface area (Å²) >= 11 is 13.7. The van der Waals surface area contributed by atoms with Crippen molar-refractivity contribution < 1.29 is 4.79 Å². The number of rotatable bonds is 5. The first kappa shape index (κ1) is 19.1. The summed E-state index contributed by atoms with van der Waals surface area (Å²) in [5.41, 5.74) is 0.854. The van der Waals surface area contributed by atoms with Gasteiger partial charge in [-0.05, 0) is 54.4 Å². The van der Waals surface area contributed by atoms with Crippen molar-refractivity contribution in [1.29, 1.82) is 0 Å². The highest BCUT2D eigenvalue weighted by Crippen LogP contribution is 2.29. The third-order valence-corrected chi connectivity index (χ3v) is 5.85. The minimum atomic E-state index is -0.218. The lowest BCUT2D eigenvalue weighted by Crippen LogP contribution is -2.33. The quantitative estimate of drug-likeness (QED) is 0.492. The normalized spacial score (nSPS) is 13.4. The highest BCUT2D eigenvalue weighted by molar-refractivity contribution is 8.00. The van der Waals surface area contributed by atoms with Crippen molar-refractivity contribution in [2.45, 2.75) is 30.0 Å². The smallest absolute Gasteiger partial charge is 0.233 e. The number of carbonyl (C=O) groups is 1. The van der Waals surface area contributed by atoms with Crippen molar-refractivity contribution >= 4 is 51.6 Å². The van der Waals surface area contributed by atoms with Crippen LogP contribution in [-0.4, -0.2) is 11.2 Å². The SMILES string of the molecule is C[C@H](Sc1ccc2ccccc2c1)C(=O)N[C@@H](C)c1ccc(Cl)cc1Cl. The van der Waals surface area contributed by atoms with E-state index < -0.39 is 0 Å². The minimum Gasteiger partial charge on any atom is -0.349 e. The molecule has 1 N–H and O–H groups in total. The fourth-order valence-electron chi connectivity index (χ4n) is 2.76. The van der Waals surface area contributed by atoms with Gasteiger partial charge in [0.15, 0.2) is 0 Å². The summed E-state index contributed by atoms with van der Waals surface area (Å²) in [4.78, 5) is 13.6. The Morgan fingerprint density at radius 2 is 1.69 bits per heavy atom. The minimum absolute atomic E-state index is 0.0262. The van der Waals surface area contributed by atoms with E-state index in [9.17, 15) is 4.79 Å². The number of carbonyl (C=O) groups excluding carboxylic acids is 1. The Bertz CT molecular complexity index is 944. The van der Waals surface area contributed by atoms with Gasteiger partial charge in [-0.25, -0.2) is 0 Å². The van der Waals surface area contributed by atoms with E-state index in [1.807, 2.05) is 32.0 Å². The maximum Gasteiger partial charge on any atom is 0.233 e. The van der Waals surface area contributed by atoms with Crippen LogP contribution >= 0.6 is 35.0 Å². The summed E-state index contributed by atoms with van der Waals surface area (Å²) in [6.07, 6.45) is 0. The molecule has 1 amide bonds. The first-order valence-corrected chi connectivity index (χ1v) is 9.98. The number of benzene rings is 3. The van der Waals surface area contributed by atoms with Crippen molar-refractivity contribution in [2.24, 2.45) is 0 Å². The van der Waals surface area contributed by atoms with Crippen LogP contribution in [0.25, 0.3) is 10.8 Å². The van der Waals surface area contributed by atoms with E-state index in [1.165, 1.54) is 10.8 Å². The third-order valence-electron chi connectivity index (χ3n) is 4.19. The molecule has 0 saturated carbocycles. The van der Waals surface area contributed by atoms with Crippen LogP contribution in [0.2, 0.25) is 10.0 Å². The predicted octanol–water partition coefficient (Wildman–Crippen LogP) is 6.50. The Hall–Kier alpha value is -1.68. The second kappa shape index (κ2) is 8.34. The van der Waals surface area contributed by atoms with Crippen LogP contribution in [0.4, 0.5) is 0 Å². The van der Waals surface area contributed by atoms with Crippen LogP contribution < -0.4 is 5.32 Å². The van der Waals surface area contributed by atoms with Crippen LogP contribution in [0, 0.1) is 0 Å². The number of fused-ring (bicyclic) bond motifs is 1. The molecule has 2 nitrogen and oxygen atoms in total. The zero-order chi connectivity index (χ0) is 18.7. The lowest BCUT2D eigenvalue weighted by Gasteiger charge is -2.19. The number of amides is 1. The van der Waals surface area contributed by atoms with Crippen molar-refractivity contribution in [3.05, 3.63) is 76.3 Å². The molecular weight excluding hydrogens is 385 g/mol. The third kappa shape index (κ3) is 4.53. The summed E-state index contributed by atoms with van der Waals surface area (Å²) in [6.45, 7) is 3.83. The van der Waals surface area contributed by atoms with Gasteiger partial charge in [0.25, 0.3) is 0 Å². The van der Waals surface area contributed by atoms with Crippen LogP contribution in [0.1, 0.15) is 25.5 Å². The van der Waals surface area contributed by atoms with E-state index in [4.69, 9.17) is 23.2 Å². The van der Waals surface area contributed by atoms with E-state index in [1.54, 1.807) is 23.9 Å². The Labute approximate surface area is 167 Å². The second-order valence-corrected chi connectivity index (χ2v) is 8.42. The van der Waals surface area contributed by atoms with Crippen LogP contribution in [0.15, 0.2) is 65.6 Å². The molecular formula is C21H19Cl2NOS. The average Bonchev–Trinajstić information content (AvgIpc) is 2.61. The van der Waals surface area contributed by atoms with Crippen molar-refractivity contribution in [3.8, 4) is 0 Å². The number of thioether (sulfide) groups is 1. The average molecular weight is 404 g/mol.